The van der Waals surface area contributed by atoms with Gasteiger partial charge in [0.2, 0.25) is 11.9 Å². The summed E-state index contributed by atoms with van der Waals surface area (Å²) >= 11 is 0. The van der Waals surface area contributed by atoms with Gasteiger partial charge in [0.25, 0.3) is 0 Å². The maximum atomic E-state index is 5.28. The second kappa shape index (κ2) is 6.68. The van der Waals surface area contributed by atoms with Gasteiger partial charge in [-0.05, 0) is 87.9 Å². The molecule has 8 fully saturated rings. The summed E-state index contributed by atoms with van der Waals surface area (Å²) in [6.45, 7) is 0. The van der Waals surface area contributed by atoms with Crippen molar-refractivity contribution >= 4 is 11.9 Å². The van der Waals surface area contributed by atoms with Crippen LogP contribution in [0.3, 0.4) is 0 Å². The van der Waals surface area contributed by atoms with Crippen LogP contribution in [0.25, 0.3) is 11.4 Å². The van der Waals surface area contributed by atoms with E-state index in [0.29, 0.717) is 24.2 Å². The molecule has 0 amide bonds. The van der Waals surface area contributed by atoms with E-state index in [4.69, 9.17) is 15.0 Å². The lowest BCUT2D eigenvalue weighted by Gasteiger charge is -2.57. The van der Waals surface area contributed by atoms with E-state index in [1.54, 1.807) is 0 Å². The fraction of sp³-hybridized carbons (Fsp3) is 0.667. The summed E-state index contributed by atoms with van der Waals surface area (Å²) < 4.78 is 0. The van der Waals surface area contributed by atoms with Crippen molar-refractivity contribution in [1.29, 1.82) is 0 Å². The predicted octanol–water partition coefficient (Wildman–Crippen LogP) is 5.07. The average Bonchev–Trinajstić information content (AvgIpc) is 2.78. The fourth-order valence-corrected chi connectivity index (χ4v) is 9.02. The summed E-state index contributed by atoms with van der Waals surface area (Å²) in [7, 11) is 0. The summed E-state index contributed by atoms with van der Waals surface area (Å²) in [6.07, 6.45) is 13.7. The third-order valence-corrected chi connectivity index (χ3v) is 9.86. The Bertz CT molecular complexity index is 919. The van der Waals surface area contributed by atoms with Crippen LogP contribution in [0, 0.1) is 23.7 Å². The van der Waals surface area contributed by atoms with Crippen molar-refractivity contribution in [1.82, 2.24) is 15.0 Å². The van der Waals surface area contributed by atoms with Crippen LogP contribution in [0.2, 0.25) is 0 Å². The molecule has 5 heteroatoms. The first-order valence-corrected chi connectivity index (χ1v) is 13.1. The number of piperidine rings is 4. The van der Waals surface area contributed by atoms with Crippen LogP contribution in [0.1, 0.15) is 64.2 Å². The zero-order valence-electron chi connectivity index (χ0n) is 18.8. The Labute approximate surface area is 190 Å². The first kappa shape index (κ1) is 18.3. The number of anilines is 2. The van der Waals surface area contributed by atoms with Crippen molar-refractivity contribution in [3.8, 4) is 11.4 Å². The molecule has 0 N–H and O–H groups in total. The van der Waals surface area contributed by atoms with E-state index < -0.39 is 0 Å². The van der Waals surface area contributed by atoms with Gasteiger partial charge in [-0.2, -0.15) is 15.0 Å². The second-order valence-electron chi connectivity index (χ2n) is 11.9. The molecule has 5 heterocycles. The van der Waals surface area contributed by atoms with E-state index >= 15 is 0 Å². The zero-order valence-corrected chi connectivity index (χ0v) is 18.8. The van der Waals surface area contributed by atoms with Gasteiger partial charge < -0.3 is 9.80 Å². The first-order valence-electron chi connectivity index (χ1n) is 13.1. The Morgan fingerprint density at radius 1 is 0.500 bits per heavy atom. The molecule has 0 radical (unpaired) electrons. The molecule has 8 bridgehead atoms. The van der Waals surface area contributed by atoms with E-state index in [0.717, 1.165) is 47.0 Å². The van der Waals surface area contributed by atoms with Gasteiger partial charge in [-0.1, -0.05) is 30.3 Å². The van der Waals surface area contributed by atoms with Crippen LogP contribution < -0.4 is 9.80 Å². The van der Waals surface area contributed by atoms with Gasteiger partial charge in [0.1, 0.15) is 0 Å². The fourth-order valence-electron chi connectivity index (χ4n) is 9.02. The van der Waals surface area contributed by atoms with E-state index in [1.807, 2.05) is 0 Å². The molecular formula is C27H33N5. The molecule has 4 saturated heterocycles. The highest BCUT2D eigenvalue weighted by atomic mass is 15.4. The minimum Gasteiger partial charge on any atom is -0.335 e. The van der Waals surface area contributed by atoms with Gasteiger partial charge in [0, 0.05) is 29.7 Å². The highest BCUT2D eigenvalue weighted by Gasteiger charge is 2.50. The molecule has 0 atom stereocenters. The van der Waals surface area contributed by atoms with Crippen LogP contribution in [0.4, 0.5) is 11.9 Å². The Morgan fingerprint density at radius 3 is 1.31 bits per heavy atom. The smallest absolute Gasteiger partial charge is 0.231 e. The van der Waals surface area contributed by atoms with Gasteiger partial charge in [-0.3, -0.25) is 0 Å². The molecule has 10 rings (SSSR count). The standard InChI is InChI=1S/C27H33N5/c1-2-4-20(5-3-1)25-28-26(31-21-8-16-6-17(10-21)11-22(31)9-16)30-27(29-25)32-23-12-18-7-19(14-23)15-24(32)13-18/h1-5,16-19,21-24H,6-15H2. The zero-order chi connectivity index (χ0) is 20.8. The molecule has 1 aromatic carbocycles. The van der Waals surface area contributed by atoms with E-state index in [1.165, 1.54) is 64.2 Å². The Morgan fingerprint density at radius 2 is 0.906 bits per heavy atom. The maximum Gasteiger partial charge on any atom is 0.231 e. The molecule has 166 valence electrons. The van der Waals surface area contributed by atoms with E-state index in [2.05, 4.69) is 40.1 Å². The number of benzene rings is 1. The van der Waals surface area contributed by atoms with Crippen LogP contribution in [0.15, 0.2) is 30.3 Å². The number of hydrogen-bond donors (Lipinski definition) is 0. The average molecular weight is 428 g/mol. The van der Waals surface area contributed by atoms with Gasteiger partial charge in [0.15, 0.2) is 5.82 Å². The highest BCUT2D eigenvalue weighted by molar-refractivity contribution is 5.59. The van der Waals surface area contributed by atoms with Gasteiger partial charge >= 0.3 is 0 Å². The largest absolute Gasteiger partial charge is 0.335 e. The molecule has 0 unspecified atom stereocenters. The number of rotatable bonds is 3. The van der Waals surface area contributed by atoms with Crippen LogP contribution in [-0.4, -0.2) is 39.1 Å². The molecule has 4 aliphatic carbocycles. The summed E-state index contributed by atoms with van der Waals surface area (Å²) in [5.41, 5.74) is 1.12. The van der Waals surface area contributed by atoms with Crippen molar-refractivity contribution in [2.24, 2.45) is 23.7 Å². The summed E-state index contributed by atoms with van der Waals surface area (Å²) in [5.74, 6) is 6.57. The van der Waals surface area contributed by atoms with Crippen LogP contribution in [-0.2, 0) is 0 Å². The molecular weight excluding hydrogens is 394 g/mol. The maximum absolute atomic E-state index is 5.28. The van der Waals surface area contributed by atoms with Gasteiger partial charge in [-0.25, -0.2) is 0 Å². The molecule has 8 aliphatic rings. The second-order valence-corrected chi connectivity index (χ2v) is 11.9. The molecule has 0 spiro atoms. The summed E-state index contributed by atoms with van der Waals surface area (Å²) in [6, 6.07) is 13.1. The summed E-state index contributed by atoms with van der Waals surface area (Å²) in [4.78, 5) is 20.8. The van der Waals surface area contributed by atoms with Crippen molar-refractivity contribution in [2.75, 3.05) is 9.80 Å². The van der Waals surface area contributed by atoms with Crippen molar-refractivity contribution < 1.29 is 0 Å². The van der Waals surface area contributed by atoms with Crippen molar-refractivity contribution in [3.63, 3.8) is 0 Å². The topological polar surface area (TPSA) is 45.2 Å². The lowest BCUT2D eigenvalue weighted by Crippen LogP contribution is -2.60. The lowest BCUT2D eigenvalue weighted by molar-refractivity contribution is 0.0864. The van der Waals surface area contributed by atoms with E-state index in [9.17, 15) is 0 Å². The minimum absolute atomic E-state index is 0.638. The molecule has 4 aliphatic heterocycles. The number of hydrogen-bond acceptors (Lipinski definition) is 5. The van der Waals surface area contributed by atoms with Gasteiger partial charge in [-0.15, -0.1) is 0 Å². The van der Waals surface area contributed by atoms with Crippen molar-refractivity contribution in [3.05, 3.63) is 30.3 Å². The Kier molecular flexibility index (Phi) is 3.81. The molecule has 1 aromatic heterocycles. The third-order valence-electron chi connectivity index (χ3n) is 9.86. The molecule has 32 heavy (non-hydrogen) atoms. The quantitative estimate of drug-likeness (QED) is 0.684. The van der Waals surface area contributed by atoms with Crippen LogP contribution >= 0.6 is 0 Å². The van der Waals surface area contributed by atoms with Crippen LogP contribution in [0.5, 0.6) is 0 Å². The predicted molar refractivity (Wildman–Crippen MR) is 126 cm³/mol. The minimum atomic E-state index is 0.638. The third kappa shape index (κ3) is 2.72. The Hall–Kier alpha value is -2.17. The molecule has 2 aromatic rings. The summed E-state index contributed by atoms with van der Waals surface area (Å²) in [5, 5.41) is 0. The number of nitrogens with zero attached hydrogens (tertiary/aromatic N) is 5. The first-order chi connectivity index (χ1) is 15.8. The number of aromatic nitrogens is 3. The SMILES string of the molecule is c1ccc(-c2nc(N3C4CC5CC(C4)CC3C5)nc(N3C4CC5CC(C4)CC3C5)n2)cc1. The van der Waals surface area contributed by atoms with E-state index in [-0.39, 0.29) is 0 Å². The Balaban J connectivity index is 1.23. The highest BCUT2D eigenvalue weighted by Crippen LogP contribution is 2.52. The molecule has 4 saturated carbocycles. The van der Waals surface area contributed by atoms with Gasteiger partial charge in [0.05, 0.1) is 0 Å². The lowest BCUT2D eigenvalue weighted by atomic mass is 9.63. The normalized spacial score (nSPS) is 41.0. The van der Waals surface area contributed by atoms with Crippen molar-refractivity contribution in [2.45, 2.75) is 88.4 Å². The molecule has 5 nitrogen and oxygen atoms in total. The monoisotopic (exact) mass is 427 g/mol.